The van der Waals surface area contributed by atoms with Gasteiger partial charge >= 0.3 is 5.97 Å². The third kappa shape index (κ3) is 2.95. The van der Waals surface area contributed by atoms with Crippen LogP contribution in [-0.4, -0.2) is 33.1 Å². The van der Waals surface area contributed by atoms with Gasteiger partial charge in [0.25, 0.3) is 0 Å². The summed E-state index contributed by atoms with van der Waals surface area (Å²) in [5.74, 6) is -1.12. The molecule has 1 aromatic rings. The van der Waals surface area contributed by atoms with Crippen molar-refractivity contribution >= 4 is 16.0 Å². The number of phenolic OH excluding ortho intramolecular Hbond substituents is 1. The fraction of sp³-hybridized carbons (Fsp3) is 0.300. The number of nitrogens with one attached hydrogen (secondary N) is 1. The van der Waals surface area contributed by atoms with Crippen molar-refractivity contribution < 1.29 is 23.1 Å². The Kier molecular flexibility index (Phi) is 4.08. The van der Waals surface area contributed by atoms with Crippen LogP contribution < -0.4 is 4.72 Å². The standard InChI is InChI=1S/C10H13NO5S/c1-3-11-17(14,15)7-4-5-9(12)8(6-7)10(13)16-2/h4-6,11-12H,3H2,1-2H3. The van der Waals surface area contributed by atoms with Crippen LogP contribution in [0.2, 0.25) is 0 Å². The van der Waals surface area contributed by atoms with E-state index in [1.54, 1.807) is 6.92 Å². The van der Waals surface area contributed by atoms with Gasteiger partial charge in [0.1, 0.15) is 11.3 Å². The summed E-state index contributed by atoms with van der Waals surface area (Å²) in [5, 5.41) is 9.42. The molecule has 17 heavy (non-hydrogen) atoms. The van der Waals surface area contributed by atoms with Crippen molar-refractivity contribution in [3.05, 3.63) is 23.8 Å². The molecular formula is C10H13NO5S. The molecule has 0 fully saturated rings. The topological polar surface area (TPSA) is 92.7 Å². The van der Waals surface area contributed by atoms with Gasteiger partial charge in [-0.1, -0.05) is 6.92 Å². The van der Waals surface area contributed by atoms with E-state index in [0.29, 0.717) is 0 Å². The maximum absolute atomic E-state index is 11.7. The highest BCUT2D eigenvalue weighted by molar-refractivity contribution is 7.89. The van der Waals surface area contributed by atoms with Gasteiger partial charge < -0.3 is 9.84 Å². The van der Waals surface area contributed by atoms with E-state index < -0.39 is 16.0 Å². The third-order valence-corrected chi connectivity index (χ3v) is 3.56. The minimum atomic E-state index is -3.66. The summed E-state index contributed by atoms with van der Waals surface area (Å²) < 4.78 is 30.0. The second-order valence-electron chi connectivity index (χ2n) is 3.17. The van der Waals surface area contributed by atoms with Crippen LogP contribution in [0.3, 0.4) is 0 Å². The number of benzene rings is 1. The van der Waals surface area contributed by atoms with Gasteiger partial charge in [-0.2, -0.15) is 0 Å². The molecule has 6 nitrogen and oxygen atoms in total. The quantitative estimate of drug-likeness (QED) is 0.767. The smallest absolute Gasteiger partial charge is 0.341 e. The highest BCUT2D eigenvalue weighted by atomic mass is 32.2. The van der Waals surface area contributed by atoms with E-state index in [-0.39, 0.29) is 22.8 Å². The van der Waals surface area contributed by atoms with E-state index in [0.717, 1.165) is 19.2 Å². The Morgan fingerprint density at radius 3 is 2.65 bits per heavy atom. The summed E-state index contributed by atoms with van der Waals surface area (Å²) in [6.45, 7) is 1.87. The molecule has 0 radical (unpaired) electrons. The average molecular weight is 259 g/mol. The van der Waals surface area contributed by atoms with Gasteiger partial charge in [-0.05, 0) is 18.2 Å². The number of sulfonamides is 1. The Hall–Kier alpha value is -1.60. The van der Waals surface area contributed by atoms with Gasteiger partial charge in [-0.25, -0.2) is 17.9 Å². The molecule has 0 aliphatic heterocycles. The van der Waals surface area contributed by atoms with Crippen LogP contribution in [-0.2, 0) is 14.8 Å². The van der Waals surface area contributed by atoms with Gasteiger partial charge in [0.05, 0.1) is 12.0 Å². The number of aromatic hydroxyl groups is 1. The third-order valence-electron chi connectivity index (χ3n) is 2.02. The van der Waals surface area contributed by atoms with E-state index in [2.05, 4.69) is 9.46 Å². The molecule has 1 rings (SSSR count). The second kappa shape index (κ2) is 5.15. The van der Waals surface area contributed by atoms with Crippen LogP contribution in [0.4, 0.5) is 0 Å². The number of carbonyl (C=O) groups is 1. The molecule has 0 saturated heterocycles. The first-order chi connectivity index (χ1) is 7.92. The predicted octanol–water partition coefficient (Wildman–Crippen LogP) is 0.477. The van der Waals surface area contributed by atoms with Crippen molar-refractivity contribution in [1.82, 2.24) is 4.72 Å². The van der Waals surface area contributed by atoms with Crippen molar-refractivity contribution in [1.29, 1.82) is 0 Å². The normalized spacial score (nSPS) is 11.2. The molecule has 0 aromatic heterocycles. The molecule has 0 aliphatic rings. The molecule has 7 heteroatoms. The largest absolute Gasteiger partial charge is 0.507 e. The molecule has 0 saturated carbocycles. The van der Waals surface area contributed by atoms with Crippen molar-refractivity contribution in [2.24, 2.45) is 0 Å². The van der Waals surface area contributed by atoms with Crippen LogP contribution in [0, 0.1) is 0 Å². The molecule has 0 spiro atoms. The number of ether oxygens (including phenoxy) is 1. The maximum Gasteiger partial charge on any atom is 0.341 e. The molecule has 2 N–H and O–H groups in total. The van der Waals surface area contributed by atoms with E-state index >= 15 is 0 Å². The van der Waals surface area contributed by atoms with Gasteiger partial charge in [-0.3, -0.25) is 0 Å². The summed E-state index contributed by atoms with van der Waals surface area (Å²) in [6.07, 6.45) is 0. The maximum atomic E-state index is 11.7. The minimum absolute atomic E-state index is 0.0995. The second-order valence-corrected chi connectivity index (χ2v) is 4.94. The fourth-order valence-electron chi connectivity index (χ4n) is 1.23. The molecule has 0 bridgehead atoms. The first-order valence-electron chi connectivity index (χ1n) is 4.83. The van der Waals surface area contributed by atoms with Crippen LogP contribution in [0.1, 0.15) is 17.3 Å². The molecular weight excluding hydrogens is 246 g/mol. The minimum Gasteiger partial charge on any atom is -0.507 e. The molecule has 94 valence electrons. The van der Waals surface area contributed by atoms with E-state index in [4.69, 9.17) is 0 Å². The molecule has 0 amide bonds. The zero-order valence-corrected chi connectivity index (χ0v) is 10.2. The van der Waals surface area contributed by atoms with Crippen molar-refractivity contribution in [2.45, 2.75) is 11.8 Å². The monoisotopic (exact) mass is 259 g/mol. The molecule has 1 aromatic carbocycles. The zero-order chi connectivity index (χ0) is 13.1. The lowest BCUT2D eigenvalue weighted by atomic mass is 10.2. The van der Waals surface area contributed by atoms with Crippen molar-refractivity contribution in [3.8, 4) is 5.75 Å². The lowest BCUT2D eigenvalue weighted by molar-refractivity contribution is 0.0597. The Morgan fingerprint density at radius 1 is 1.47 bits per heavy atom. The highest BCUT2D eigenvalue weighted by Crippen LogP contribution is 2.21. The van der Waals surface area contributed by atoms with Gasteiger partial charge in [0, 0.05) is 6.54 Å². The van der Waals surface area contributed by atoms with Crippen LogP contribution >= 0.6 is 0 Å². The summed E-state index contributed by atoms with van der Waals surface area (Å²) in [6, 6.07) is 3.41. The van der Waals surface area contributed by atoms with Gasteiger partial charge in [-0.15, -0.1) is 0 Å². The fourth-order valence-corrected chi connectivity index (χ4v) is 2.30. The number of esters is 1. The highest BCUT2D eigenvalue weighted by Gasteiger charge is 2.18. The van der Waals surface area contributed by atoms with Gasteiger partial charge in [0.15, 0.2) is 0 Å². The first kappa shape index (κ1) is 13.5. The predicted molar refractivity (Wildman–Crippen MR) is 60.3 cm³/mol. The van der Waals surface area contributed by atoms with Crippen molar-refractivity contribution in [3.63, 3.8) is 0 Å². The summed E-state index contributed by atoms with van der Waals surface area (Å²) in [7, 11) is -2.51. The summed E-state index contributed by atoms with van der Waals surface area (Å²) in [4.78, 5) is 11.2. The van der Waals surface area contributed by atoms with Crippen LogP contribution in [0.25, 0.3) is 0 Å². The number of hydrogen-bond donors (Lipinski definition) is 2. The Labute approximate surface area is 99.3 Å². The lowest BCUT2D eigenvalue weighted by Gasteiger charge is -2.07. The zero-order valence-electron chi connectivity index (χ0n) is 9.43. The molecule has 0 atom stereocenters. The van der Waals surface area contributed by atoms with Crippen LogP contribution in [0.15, 0.2) is 23.1 Å². The number of carbonyl (C=O) groups excluding carboxylic acids is 1. The van der Waals surface area contributed by atoms with E-state index in [1.165, 1.54) is 6.07 Å². The Balaban J connectivity index is 3.26. The summed E-state index contributed by atoms with van der Waals surface area (Å²) >= 11 is 0. The molecule has 0 heterocycles. The number of rotatable bonds is 4. The summed E-state index contributed by atoms with van der Waals surface area (Å²) in [5.41, 5.74) is -0.188. The number of phenols is 1. The Morgan fingerprint density at radius 2 is 2.12 bits per heavy atom. The van der Waals surface area contributed by atoms with Gasteiger partial charge in [0.2, 0.25) is 10.0 Å². The van der Waals surface area contributed by atoms with E-state index in [1.807, 2.05) is 0 Å². The lowest BCUT2D eigenvalue weighted by Crippen LogP contribution is -2.23. The SMILES string of the molecule is CCNS(=O)(=O)c1ccc(O)c(C(=O)OC)c1. The number of hydrogen-bond acceptors (Lipinski definition) is 5. The number of methoxy groups -OCH3 is 1. The first-order valence-corrected chi connectivity index (χ1v) is 6.31. The Bertz CT molecular complexity index is 523. The van der Waals surface area contributed by atoms with E-state index in [9.17, 15) is 18.3 Å². The molecule has 0 aliphatic carbocycles. The average Bonchev–Trinajstić information content (AvgIpc) is 2.28. The molecule has 0 unspecified atom stereocenters. The van der Waals surface area contributed by atoms with Crippen molar-refractivity contribution in [2.75, 3.05) is 13.7 Å². The van der Waals surface area contributed by atoms with Crippen LogP contribution in [0.5, 0.6) is 5.75 Å².